The lowest BCUT2D eigenvalue weighted by Gasteiger charge is -2.01. The molecule has 3 N–H and O–H groups in total. The van der Waals surface area contributed by atoms with Gasteiger partial charge >= 0.3 is 5.97 Å². The molecule has 0 aromatic heterocycles. The number of carboxylic acids is 1. The number of aliphatic carboxylic acids is 1. The third-order valence-electron chi connectivity index (χ3n) is 2.23. The van der Waals surface area contributed by atoms with Gasteiger partial charge in [0.15, 0.2) is 0 Å². The van der Waals surface area contributed by atoms with E-state index in [1.807, 2.05) is 38.1 Å². The van der Waals surface area contributed by atoms with Gasteiger partial charge in [0.25, 0.3) is 0 Å². The predicted molar refractivity (Wildman–Crippen MR) is 69.1 cm³/mol. The quantitative estimate of drug-likeness (QED) is 0.792. The highest BCUT2D eigenvalue weighted by molar-refractivity contribution is 5.69. The van der Waals surface area contributed by atoms with Gasteiger partial charge in [-0.1, -0.05) is 13.8 Å². The molecule has 0 radical (unpaired) electrons. The SMILES string of the molecule is CCC(C)C(=O)O.CCOc1ccc(N)cc1. The maximum absolute atomic E-state index is 9.93. The minimum atomic E-state index is -0.706. The summed E-state index contributed by atoms with van der Waals surface area (Å²) in [6, 6.07) is 7.37. The Morgan fingerprint density at radius 3 is 2.18 bits per heavy atom. The van der Waals surface area contributed by atoms with E-state index < -0.39 is 5.97 Å². The summed E-state index contributed by atoms with van der Waals surface area (Å²) in [6.07, 6.45) is 0.718. The molecule has 4 heteroatoms. The lowest BCUT2D eigenvalue weighted by Crippen LogP contribution is -2.06. The zero-order valence-electron chi connectivity index (χ0n) is 10.6. The van der Waals surface area contributed by atoms with Crippen LogP contribution in [0.3, 0.4) is 0 Å². The molecular formula is C13H21NO3. The van der Waals surface area contributed by atoms with Crippen molar-refractivity contribution in [2.24, 2.45) is 5.92 Å². The Morgan fingerprint density at radius 1 is 1.35 bits per heavy atom. The molecule has 4 nitrogen and oxygen atoms in total. The van der Waals surface area contributed by atoms with Crippen LogP contribution in [-0.4, -0.2) is 17.7 Å². The summed E-state index contributed by atoms with van der Waals surface area (Å²) in [6.45, 7) is 6.21. The molecule has 0 spiro atoms. The Morgan fingerprint density at radius 2 is 1.88 bits per heavy atom. The van der Waals surface area contributed by atoms with Crippen molar-refractivity contribution < 1.29 is 14.6 Å². The van der Waals surface area contributed by atoms with Crippen LogP contribution in [0.1, 0.15) is 27.2 Å². The van der Waals surface area contributed by atoms with Gasteiger partial charge in [-0.25, -0.2) is 0 Å². The van der Waals surface area contributed by atoms with E-state index >= 15 is 0 Å². The summed E-state index contributed by atoms with van der Waals surface area (Å²) in [5, 5.41) is 8.18. The second-order valence-electron chi connectivity index (χ2n) is 3.65. The number of rotatable bonds is 4. The number of anilines is 1. The molecule has 0 aliphatic rings. The van der Waals surface area contributed by atoms with Gasteiger partial charge in [0.2, 0.25) is 0 Å². The second-order valence-corrected chi connectivity index (χ2v) is 3.65. The van der Waals surface area contributed by atoms with Crippen molar-refractivity contribution in [1.82, 2.24) is 0 Å². The van der Waals surface area contributed by atoms with Gasteiger partial charge in [0, 0.05) is 5.69 Å². The topological polar surface area (TPSA) is 72.5 Å². The molecule has 1 unspecified atom stereocenters. The van der Waals surface area contributed by atoms with Crippen molar-refractivity contribution in [3.05, 3.63) is 24.3 Å². The molecule has 0 aliphatic heterocycles. The first-order valence-corrected chi connectivity index (χ1v) is 5.72. The number of hydrogen-bond donors (Lipinski definition) is 2. The highest BCUT2D eigenvalue weighted by Crippen LogP contribution is 2.12. The number of benzene rings is 1. The normalized spacial score (nSPS) is 11.0. The fraction of sp³-hybridized carbons (Fsp3) is 0.462. The average molecular weight is 239 g/mol. The first kappa shape index (κ1) is 15.3. The van der Waals surface area contributed by atoms with E-state index in [0.29, 0.717) is 6.61 Å². The maximum Gasteiger partial charge on any atom is 0.306 e. The molecule has 0 heterocycles. The average Bonchev–Trinajstić information content (AvgIpc) is 2.32. The fourth-order valence-corrected chi connectivity index (χ4v) is 0.905. The summed E-state index contributed by atoms with van der Waals surface area (Å²) >= 11 is 0. The standard InChI is InChI=1S/C8H11NO.C5H10O2/c1-2-10-8-5-3-7(9)4-6-8;1-3-4(2)5(6)7/h3-6H,2,9H2,1H3;4H,3H2,1-2H3,(H,6,7). The van der Waals surface area contributed by atoms with E-state index in [1.54, 1.807) is 6.92 Å². The molecule has 0 saturated carbocycles. The number of hydrogen-bond acceptors (Lipinski definition) is 3. The van der Waals surface area contributed by atoms with Gasteiger partial charge in [-0.15, -0.1) is 0 Å². The van der Waals surface area contributed by atoms with E-state index in [-0.39, 0.29) is 5.92 Å². The summed E-state index contributed by atoms with van der Waals surface area (Å²) < 4.78 is 5.21. The molecule has 0 aliphatic carbocycles. The van der Waals surface area contributed by atoms with Gasteiger partial charge in [0.1, 0.15) is 5.75 Å². The Labute approximate surface area is 102 Å². The van der Waals surface area contributed by atoms with Crippen molar-refractivity contribution in [2.45, 2.75) is 27.2 Å². The Hall–Kier alpha value is -1.71. The number of nitrogens with two attached hydrogens (primary N) is 1. The highest BCUT2D eigenvalue weighted by Gasteiger charge is 2.05. The first-order valence-electron chi connectivity index (χ1n) is 5.72. The fourth-order valence-electron chi connectivity index (χ4n) is 0.905. The Balaban J connectivity index is 0.000000325. The van der Waals surface area contributed by atoms with E-state index in [4.69, 9.17) is 15.6 Å². The van der Waals surface area contributed by atoms with Crippen molar-refractivity contribution in [3.63, 3.8) is 0 Å². The zero-order valence-corrected chi connectivity index (χ0v) is 10.6. The van der Waals surface area contributed by atoms with Gasteiger partial charge in [-0.05, 0) is 37.6 Å². The van der Waals surface area contributed by atoms with Crippen LogP contribution < -0.4 is 10.5 Å². The molecule has 0 saturated heterocycles. The minimum absolute atomic E-state index is 0.181. The molecule has 0 bridgehead atoms. The van der Waals surface area contributed by atoms with Crippen LogP contribution >= 0.6 is 0 Å². The van der Waals surface area contributed by atoms with Crippen molar-refractivity contribution in [2.75, 3.05) is 12.3 Å². The van der Waals surface area contributed by atoms with Gasteiger partial charge in [0.05, 0.1) is 12.5 Å². The van der Waals surface area contributed by atoms with E-state index in [9.17, 15) is 4.79 Å². The van der Waals surface area contributed by atoms with Crippen LogP contribution in [-0.2, 0) is 4.79 Å². The number of ether oxygens (including phenoxy) is 1. The van der Waals surface area contributed by atoms with Crippen LogP contribution in [0.2, 0.25) is 0 Å². The third-order valence-corrected chi connectivity index (χ3v) is 2.23. The van der Waals surface area contributed by atoms with Crippen molar-refractivity contribution in [1.29, 1.82) is 0 Å². The van der Waals surface area contributed by atoms with Crippen LogP contribution in [0.15, 0.2) is 24.3 Å². The van der Waals surface area contributed by atoms with E-state index in [1.165, 1.54) is 0 Å². The summed E-state index contributed by atoms with van der Waals surface area (Å²) in [7, 11) is 0. The number of nitrogen functional groups attached to an aromatic ring is 1. The Bertz CT molecular complexity index is 322. The summed E-state index contributed by atoms with van der Waals surface area (Å²) in [4.78, 5) is 9.93. The van der Waals surface area contributed by atoms with Crippen LogP contribution in [0, 0.1) is 5.92 Å². The lowest BCUT2D eigenvalue weighted by molar-refractivity contribution is -0.141. The first-order chi connectivity index (χ1) is 8.01. The highest BCUT2D eigenvalue weighted by atomic mass is 16.5. The molecule has 1 aromatic carbocycles. The van der Waals surface area contributed by atoms with Crippen LogP contribution in [0.5, 0.6) is 5.75 Å². The number of carbonyl (C=O) groups is 1. The predicted octanol–water partition coefficient (Wildman–Crippen LogP) is 2.78. The van der Waals surface area contributed by atoms with Crippen molar-refractivity contribution in [3.8, 4) is 5.75 Å². The molecule has 1 atom stereocenters. The summed E-state index contributed by atoms with van der Waals surface area (Å²) in [5.41, 5.74) is 6.23. The molecule has 0 fully saturated rings. The molecular weight excluding hydrogens is 218 g/mol. The molecule has 1 rings (SSSR count). The molecule has 0 amide bonds. The molecule has 1 aromatic rings. The van der Waals surface area contributed by atoms with Gasteiger partial charge < -0.3 is 15.6 Å². The monoisotopic (exact) mass is 239 g/mol. The molecule has 96 valence electrons. The Kier molecular flexibility index (Phi) is 7.59. The second kappa shape index (κ2) is 8.44. The maximum atomic E-state index is 9.93. The minimum Gasteiger partial charge on any atom is -0.494 e. The third kappa shape index (κ3) is 7.22. The lowest BCUT2D eigenvalue weighted by atomic mass is 10.1. The zero-order chi connectivity index (χ0) is 13.3. The van der Waals surface area contributed by atoms with Crippen LogP contribution in [0.25, 0.3) is 0 Å². The molecule has 17 heavy (non-hydrogen) atoms. The largest absolute Gasteiger partial charge is 0.494 e. The summed E-state index contributed by atoms with van der Waals surface area (Å²) in [5.74, 6) is -0.0146. The van der Waals surface area contributed by atoms with Crippen LogP contribution in [0.4, 0.5) is 5.69 Å². The van der Waals surface area contributed by atoms with E-state index in [0.717, 1.165) is 17.9 Å². The van der Waals surface area contributed by atoms with Crippen molar-refractivity contribution >= 4 is 11.7 Å². The van der Waals surface area contributed by atoms with Gasteiger partial charge in [-0.3, -0.25) is 4.79 Å². The van der Waals surface area contributed by atoms with Gasteiger partial charge in [-0.2, -0.15) is 0 Å². The smallest absolute Gasteiger partial charge is 0.306 e. The number of carboxylic acid groups (broad SMARTS) is 1. The van der Waals surface area contributed by atoms with E-state index in [2.05, 4.69) is 0 Å².